The van der Waals surface area contributed by atoms with Crippen molar-refractivity contribution >= 4 is 15.9 Å². The highest BCUT2D eigenvalue weighted by Crippen LogP contribution is 2.22. The molecule has 0 aliphatic heterocycles. The van der Waals surface area contributed by atoms with E-state index in [4.69, 9.17) is 5.73 Å². The van der Waals surface area contributed by atoms with Crippen molar-refractivity contribution < 1.29 is 5.11 Å². The molecule has 2 nitrogen and oxygen atoms in total. The van der Waals surface area contributed by atoms with Crippen molar-refractivity contribution in [3.05, 3.63) is 33.8 Å². The molecule has 0 amide bonds. The predicted molar refractivity (Wildman–Crippen MR) is 76.0 cm³/mol. The van der Waals surface area contributed by atoms with Crippen molar-refractivity contribution in [1.82, 2.24) is 0 Å². The first kappa shape index (κ1) is 14.7. The lowest BCUT2D eigenvalue weighted by atomic mass is 9.88. The predicted octanol–water partition coefficient (Wildman–Crippen LogP) is 2.76. The first-order chi connectivity index (χ1) is 8.12. The Bertz CT molecular complexity index is 350. The van der Waals surface area contributed by atoms with E-state index in [1.165, 1.54) is 15.6 Å². The molecule has 17 heavy (non-hydrogen) atoms. The van der Waals surface area contributed by atoms with Crippen LogP contribution in [-0.2, 0) is 12.8 Å². The molecule has 96 valence electrons. The smallest absolute Gasteiger partial charge is 0.0474 e. The Balaban J connectivity index is 2.71. The van der Waals surface area contributed by atoms with Gasteiger partial charge in [0.25, 0.3) is 0 Å². The van der Waals surface area contributed by atoms with E-state index in [1.807, 2.05) is 0 Å². The van der Waals surface area contributed by atoms with Crippen LogP contribution in [0.3, 0.4) is 0 Å². The molecule has 0 fully saturated rings. The largest absolute Gasteiger partial charge is 0.396 e. The number of aliphatic hydroxyl groups excluding tert-OH is 1. The summed E-state index contributed by atoms with van der Waals surface area (Å²) in [6, 6.07) is 6.52. The van der Waals surface area contributed by atoms with Crippen LogP contribution in [-0.4, -0.2) is 18.3 Å². The van der Waals surface area contributed by atoms with Crippen molar-refractivity contribution in [3.8, 4) is 0 Å². The summed E-state index contributed by atoms with van der Waals surface area (Å²) in [5, 5.41) is 9.22. The third-order valence-electron chi connectivity index (χ3n) is 3.40. The molecule has 3 N–H and O–H groups in total. The van der Waals surface area contributed by atoms with E-state index in [9.17, 15) is 5.11 Å². The molecule has 1 aromatic carbocycles. The summed E-state index contributed by atoms with van der Waals surface area (Å²) in [5.74, 6) is 0.601. The van der Waals surface area contributed by atoms with E-state index in [1.54, 1.807) is 0 Å². The second-order valence-corrected chi connectivity index (χ2v) is 5.49. The molecule has 0 spiro atoms. The number of hydrogen-bond acceptors (Lipinski definition) is 2. The van der Waals surface area contributed by atoms with Gasteiger partial charge in [-0.1, -0.05) is 41.9 Å². The molecule has 0 bridgehead atoms. The minimum absolute atomic E-state index is 0.172. The van der Waals surface area contributed by atoms with Gasteiger partial charge >= 0.3 is 0 Å². The second-order valence-electron chi connectivity index (χ2n) is 4.64. The molecule has 1 rings (SSSR count). The van der Waals surface area contributed by atoms with Crippen LogP contribution >= 0.6 is 15.9 Å². The molecule has 3 heteroatoms. The molecule has 0 heterocycles. The van der Waals surface area contributed by atoms with E-state index < -0.39 is 0 Å². The number of benzene rings is 1. The zero-order valence-corrected chi connectivity index (χ0v) is 12.2. The average Bonchev–Trinajstić information content (AvgIpc) is 2.31. The normalized spacial score (nSPS) is 14.6. The Hall–Kier alpha value is -0.380. The summed E-state index contributed by atoms with van der Waals surface area (Å²) in [7, 11) is 0. The van der Waals surface area contributed by atoms with Gasteiger partial charge < -0.3 is 10.8 Å². The summed E-state index contributed by atoms with van der Waals surface area (Å²) < 4.78 is 1.18. The maximum Gasteiger partial charge on any atom is 0.0474 e. The number of hydrogen-bond donors (Lipinski definition) is 2. The first-order valence-electron chi connectivity index (χ1n) is 6.20. The second kappa shape index (κ2) is 7.14. The van der Waals surface area contributed by atoms with E-state index in [-0.39, 0.29) is 12.5 Å². The van der Waals surface area contributed by atoms with Gasteiger partial charge in [0, 0.05) is 11.1 Å². The quantitative estimate of drug-likeness (QED) is 0.848. The summed E-state index contributed by atoms with van der Waals surface area (Å²) in [6.45, 7) is 5.02. The maximum absolute atomic E-state index is 9.22. The highest BCUT2D eigenvalue weighted by Gasteiger charge is 2.15. The lowest BCUT2D eigenvalue weighted by molar-refractivity contribution is 0.187. The lowest BCUT2D eigenvalue weighted by Crippen LogP contribution is -2.26. The Morgan fingerprint density at radius 2 is 2.12 bits per heavy atom. The van der Waals surface area contributed by atoms with Gasteiger partial charge in [-0.2, -0.15) is 0 Å². The SMILES string of the molecule is CCc1ccc(CC(C)C(CN)CO)cc1Br. The molecule has 0 aliphatic rings. The van der Waals surface area contributed by atoms with Crippen LogP contribution in [0.25, 0.3) is 0 Å². The van der Waals surface area contributed by atoms with E-state index in [0.29, 0.717) is 12.5 Å². The molecular weight excluding hydrogens is 278 g/mol. The topological polar surface area (TPSA) is 46.2 Å². The third kappa shape index (κ3) is 4.09. The Morgan fingerprint density at radius 1 is 1.41 bits per heavy atom. The van der Waals surface area contributed by atoms with Gasteiger partial charge in [0.1, 0.15) is 0 Å². The lowest BCUT2D eigenvalue weighted by Gasteiger charge is -2.20. The highest BCUT2D eigenvalue weighted by molar-refractivity contribution is 9.10. The number of rotatable bonds is 6. The Labute approximate surface area is 112 Å². The van der Waals surface area contributed by atoms with E-state index in [2.05, 4.69) is 48.0 Å². The fourth-order valence-electron chi connectivity index (χ4n) is 2.03. The summed E-state index contributed by atoms with van der Waals surface area (Å²) in [5.41, 5.74) is 8.28. The molecule has 0 radical (unpaired) electrons. The van der Waals surface area contributed by atoms with Crippen LogP contribution < -0.4 is 5.73 Å². The van der Waals surface area contributed by atoms with Gasteiger partial charge in [-0.3, -0.25) is 0 Å². The minimum Gasteiger partial charge on any atom is -0.396 e. The molecular formula is C14H22BrNO. The van der Waals surface area contributed by atoms with Crippen molar-refractivity contribution in [1.29, 1.82) is 0 Å². The minimum atomic E-state index is 0.172. The van der Waals surface area contributed by atoms with Gasteiger partial charge in [0.2, 0.25) is 0 Å². The third-order valence-corrected chi connectivity index (χ3v) is 4.14. The molecule has 2 unspecified atom stereocenters. The molecule has 1 aromatic rings. The Kier molecular flexibility index (Phi) is 6.17. The molecule has 0 saturated heterocycles. The fraction of sp³-hybridized carbons (Fsp3) is 0.571. The number of nitrogens with two attached hydrogens (primary N) is 1. The maximum atomic E-state index is 9.22. The molecule has 0 aromatic heterocycles. The van der Waals surface area contributed by atoms with E-state index in [0.717, 1.165) is 12.8 Å². The first-order valence-corrected chi connectivity index (χ1v) is 6.99. The standard InChI is InChI=1S/C14H22BrNO/c1-3-12-5-4-11(7-14(12)15)6-10(2)13(8-16)9-17/h4-5,7,10,13,17H,3,6,8-9,16H2,1-2H3. The van der Waals surface area contributed by atoms with Gasteiger partial charge in [0.05, 0.1) is 0 Å². The van der Waals surface area contributed by atoms with Gasteiger partial charge in [-0.05, 0) is 48.4 Å². The summed E-state index contributed by atoms with van der Waals surface area (Å²) in [4.78, 5) is 0. The zero-order valence-electron chi connectivity index (χ0n) is 10.6. The van der Waals surface area contributed by atoms with Crippen molar-refractivity contribution in [2.24, 2.45) is 17.6 Å². The van der Waals surface area contributed by atoms with E-state index >= 15 is 0 Å². The summed E-state index contributed by atoms with van der Waals surface area (Å²) in [6.07, 6.45) is 2.00. The van der Waals surface area contributed by atoms with Crippen LogP contribution in [0.2, 0.25) is 0 Å². The van der Waals surface area contributed by atoms with Crippen molar-refractivity contribution in [2.75, 3.05) is 13.2 Å². The van der Waals surface area contributed by atoms with Crippen LogP contribution in [0.1, 0.15) is 25.0 Å². The van der Waals surface area contributed by atoms with Crippen LogP contribution in [0.4, 0.5) is 0 Å². The van der Waals surface area contributed by atoms with Gasteiger partial charge in [-0.25, -0.2) is 0 Å². The Morgan fingerprint density at radius 3 is 2.59 bits per heavy atom. The zero-order chi connectivity index (χ0) is 12.8. The number of aliphatic hydroxyl groups is 1. The molecule has 2 atom stereocenters. The van der Waals surface area contributed by atoms with Gasteiger partial charge in [0.15, 0.2) is 0 Å². The van der Waals surface area contributed by atoms with Crippen LogP contribution in [0, 0.1) is 11.8 Å². The number of halogens is 1. The van der Waals surface area contributed by atoms with Crippen LogP contribution in [0.15, 0.2) is 22.7 Å². The molecule has 0 saturated carbocycles. The van der Waals surface area contributed by atoms with Crippen molar-refractivity contribution in [2.45, 2.75) is 26.7 Å². The molecule has 0 aliphatic carbocycles. The highest BCUT2D eigenvalue weighted by atomic mass is 79.9. The average molecular weight is 300 g/mol. The van der Waals surface area contributed by atoms with Crippen LogP contribution in [0.5, 0.6) is 0 Å². The number of aryl methyl sites for hydroxylation is 1. The fourth-order valence-corrected chi connectivity index (χ4v) is 2.74. The van der Waals surface area contributed by atoms with Crippen molar-refractivity contribution in [3.63, 3.8) is 0 Å². The van der Waals surface area contributed by atoms with Gasteiger partial charge in [-0.15, -0.1) is 0 Å². The monoisotopic (exact) mass is 299 g/mol. The summed E-state index contributed by atoms with van der Waals surface area (Å²) >= 11 is 3.59.